The maximum absolute atomic E-state index is 13.4. The number of nitrogens with one attached hydrogen (secondary N) is 1. The lowest BCUT2D eigenvalue weighted by Crippen LogP contribution is -2.12. The van der Waals surface area contributed by atoms with Crippen LogP contribution in [0.1, 0.15) is 5.56 Å². The van der Waals surface area contributed by atoms with Crippen LogP contribution in [0.2, 0.25) is 0 Å². The topological polar surface area (TPSA) is 86.1 Å². The molecule has 4 rings (SSSR count). The normalized spacial score (nSPS) is 11.9. The van der Waals surface area contributed by atoms with E-state index in [9.17, 15) is 17.2 Å². The fourth-order valence-corrected chi connectivity index (χ4v) is 4.71. The molecule has 0 unspecified atom stereocenters. The van der Waals surface area contributed by atoms with Crippen LogP contribution >= 0.6 is 0 Å². The molecule has 0 bridgehead atoms. The van der Waals surface area contributed by atoms with E-state index >= 15 is 0 Å². The van der Waals surface area contributed by atoms with Crippen molar-refractivity contribution in [1.29, 1.82) is 0 Å². The van der Waals surface area contributed by atoms with E-state index in [1.807, 2.05) is 12.1 Å². The molecular weight excluding hydrogens is 426 g/mol. The number of alkyl halides is 2. The van der Waals surface area contributed by atoms with E-state index in [2.05, 4.69) is 20.0 Å². The Balaban J connectivity index is 1.84. The third kappa shape index (κ3) is 4.12. The molecule has 2 heterocycles. The molecule has 0 aliphatic carbocycles. The van der Waals surface area contributed by atoms with Gasteiger partial charge < -0.3 is 10.1 Å². The number of hydrogen-bond acceptors (Lipinski definition) is 6. The number of fused-ring (bicyclic) bond motifs is 1. The summed E-state index contributed by atoms with van der Waals surface area (Å²) < 4.78 is 57.0. The maximum atomic E-state index is 13.4. The van der Waals surface area contributed by atoms with Crippen LogP contribution in [0.5, 0.6) is 5.75 Å². The minimum absolute atomic E-state index is 0.0459. The summed E-state index contributed by atoms with van der Waals surface area (Å²) in [6.45, 7) is -2.52. The highest BCUT2D eigenvalue weighted by Crippen LogP contribution is 2.30. The van der Waals surface area contributed by atoms with E-state index < -0.39 is 16.6 Å². The highest BCUT2D eigenvalue weighted by Gasteiger charge is 2.22. The predicted octanol–water partition coefficient (Wildman–Crippen LogP) is 3.66. The van der Waals surface area contributed by atoms with Gasteiger partial charge in [-0.15, -0.1) is 0 Å². The van der Waals surface area contributed by atoms with Crippen LogP contribution in [-0.2, 0) is 16.6 Å². The van der Waals surface area contributed by atoms with Crippen LogP contribution in [0.4, 0.5) is 8.78 Å². The number of rotatable bonds is 7. The van der Waals surface area contributed by atoms with Crippen LogP contribution < -0.4 is 10.1 Å². The van der Waals surface area contributed by atoms with Crippen LogP contribution in [0.25, 0.3) is 22.0 Å². The Kier molecular flexibility index (Phi) is 5.66. The first-order chi connectivity index (χ1) is 14.9. The molecule has 7 nitrogen and oxygen atoms in total. The smallest absolute Gasteiger partial charge is 0.387 e. The lowest BCUT2D eigenvalue weighted by atomic mass is 10.1. The molecule has 0 radical (unpaired) electrons. The van der Waals surface area contributed by atoms with Gasteiger partial charge in [0.15, 0.2) is 0 Å². The van der Waals surface area contributed by atoms with Crippen LogP contribution in [0, 0.1) is 0 Å². The summed E-state index contributed by atoms with van der Waals surface area (Å²) in [6.07, 6.45) is 6.27. The van der Waals surface area contributed by atoms with Crippen molar-refractivity contribution in [1.82, 2.24) is 19.3 Å². The van der Waals surface area contributed by atoms with Crippen molar-refractivity contribution < 1.29 is 21.9 Å². The van der Waals surface area contributed by atoms with Gasteiger partial charge in [-0.2, -0.15) is 8.78 Å². The Hall–Kier alpha value is -3.37. The van der Waals surface area contributed by atoms with Crippen LogP contribution in [-0.4, -0.2) is 36.0 Å². The Morgan fingerprint density at radius 3 is 2.42 bits per heavy atom. The second-order valence-corrected chi connectivity index (χ2v) is 8.51. The number of ether oxygens (including phenoxy) is 1. The number of nitrogens with zero attached hydrogens (tertiary/aromatic N) is 3. The lowest BCUT2D eigenvalue weighted by Gasteiger charge is -2.10. The lowest BCUT2D eigenvalue weighted by molar-refractivity contribution is -0.0498. The standard InChI is InChI=1S/C21H18F2N4O3S/c1-24-9-16-12-27(31(28,29)18-5-3-17(4-6-18)30-21(22)23)20-8-14(2-7-19(16)20)15-10-25-13-26-11-15/h2-8,10-13,21,24H,9H2,1H3. The second-order valence-electron chi connectivity index (χ2n) is 6.69. The summed E-state index contributed by atoms with van der Waals surface area (Å²) in [5.41, 5.74) is 2.80. The summed E-state index contributed by atoms with van der Waals surface area (Å²) >= 11 is 0. The summed E-state index contributed by atoms with van der Waals surface area (Å²) in [7, 11) is -2.22. The molecule has 0 saturated carbocycles. The van der Waals surface area contributed by atoms with Gasteiger partial charge >= 0.3 is 6.61 Å². The first-order valence-corrected chi connectivity index (χ1v) is 10.7. The van der Waals surface area contributed by atoms with Crippen molar-refractivity contribution in [3.8, 4) is 16.9 Å². The monoisotopic (exact) mass is 444 g/mol. The van der Waals surface area contributed by atoms with Gasteiger partial charge in [-0.05, 0) is 48.5 Å². The second kappa shape index (κ2) is 8.40. The molecule has 0 amide bonds. The van der Waals surface area contributed by atoms with E-state index in [1.165, 1.54) is 34.6 Å². The third-order valence-electron chi connectivity index (χ3n) is 4.72. The molecule has 2 aromatic heterocycles. The van der Waals surface area contributed by atoms with Gasteiger partial charge in [-0.3, -0.25) is 0 Å². The van der Waals surface area contributed by atoms with Crippen molar-refractivity contribution in [2.75, 3.05) is 7.05 Å². The highest BCUT2D eigenvalue weighted by atomic mass is 32.2. The van der Waals surface area contributed by atoms with Gasteiger partial charge in [-0.1, -0.05) is 12.1 Å². The zero-order valence-corrected chi connectivity index (χ0v) is 17.2. The summed E-state index contributed by atoms with van der Waals surface area (Å²) in [4.78, 5) is 7.98. The SMILES string of the molecule is CNCc1cn(S(=O)(=O)c2ccc(OC(F)F)cc2)c2cc(-c3cncnc3)ccc12. The number of aromatic nitrogens is 3. The van der Waals surface area contributed by atoms with Crippen molar-refractivity contribution in [3.63, 3.8) is 0 Å². The highest BCUT2D eigenvalue weighted by molar-refractivity contribution is 7.90. The van der Waals surface area contributed by atoms with E-state index in [-0.39, 0.29) is 10.6 Å². The summed E-state index contributed by atoms with van der Waals surface area (Å²) in [6, 6.07) is 10.4. The van der Waals surface area contributed by atoms with Crippen molar-refractivity contribution in [3.05, 3.63) is 72.9 Å². The Morgan fingerprint density at radius 1 is 1.06 bits per heavy atom. The molecule has 0 fully saturated rings. The average molecular weight is 444 g/mol. The number of halogens is 2. The molecule has 0 aliphatic rings. The summed E-state index contributed by atoms with van der Waals surface area (Å²) in [5.74, 6) is -0.117. The fraction of sp³-hybridized carbons (Fsp3) is 0.143. The predicted molar refractivity (Wildman–Crippen MR) is 111 cm³/mol. The van der Waals surface area contributed by atoms with Gasteiger partial charge in [0, 0.05) is 36.1 Å². The first kappa shape index (κ1) is 20.9. The van der Waals surface area contributed by atoms with Gasteiger partial charge in [-0.25, -0.2) is 22.4 Å². The molecule has 10 heteroatoms. The van der Waals surface area contributed by atoms with Crippen molar-refractivity contribution >= 4 is 20.9 Å². The minimum atomic E-state index is -3.99. The molecule has 160 valence electrons. The number of benzene rings is 2. The average Bonchev–Trinajstić information content (AvgIpc) is 3.13. The molecule has 4 aromatic rings. The first-order valence-electron chi connectivity index (χ1n) is 9.24. The zero-order valence-electron chi connectivity index (χ0n) is 16.4. The van der Waals surface area contributed by atoms with Crippen molar-refractivity contribution in [2.45, 2.75) is 18.1 Å². The Morgan fingerprint density at radius 2 is 1.77 bits per heavy atom. The third-order valence-corrected chi connectivity index (χ3v) is 6.41. The van der Waals surface area contributed by atoms with E-state index in [0.717, 1.165) is 22.1 Å². The van der Waals surface area contributed by atoms with Gasteiger partial charge in [0.2, 0.25) is 0 Å². The quantitative estimate of drug-likeness (QED) is 0.468. The molecule has 1 N–H and O–H groups in total. The molecular formula is C21H18F2N4O3S. The maximum Gasteiger partial charge on any atom is 0.387 e. The summed E-state index contributed by atoms with van der Waals surface area (Å²) in [5, 5.41) is 3.81. The molecule has 0 spiro atoms. The molecule has 0 saturated heterocycles. The minimum Gasteiger partial charge on any atom is -0.435 e. The fourth-order valence-electron chi connectivity index (χ4n) is 3.33. The Bertz CT molecular complexity index is 1310. The van der Waals surface area contributed by atoms with E-state index in [4.69, 9.17) is 0 Å². The largest absolute Gasteiger partial charge is 0.435 e. The molecule has 0 aliphatic heterocycles. The van der Waals surface area contributed by atoms with Crippen LogP contribution in [0.15, 0.2) is 72.3 Å². The van der Waals surface area contributed by atoms with Gasteiger partial charge in [0.1, 0.15) is 12.1 Å². The van der Waals surface area contributed by atoms with Crippen LogP contribution in [0.3, 0.4) is 0 Å². The zero-order chi connectivity index (χ0) is 22.0. The molecule has 0 atom stereocenters. The van der Waals surface area contributed by atoms with Gasteiger partial charge in [0.25, 0.3) is 10.0 Å². The molecule has 31 heavy (non-hydrogen) atoms. The van der Waals surface area contributed by atoms with Crippen molar-refractivity contribution in [2.24, 2.45) is 0 Å². The van der Waals surface area contributed by atoms with Gasteiger partial charge in [0.05, 0.1) is 10.4 Å². The van der Waals surface area contributed by atoms with E-state index in [0.29, 0.717) is 12.1 Å². The number of hydrogen-bond donors (Lipinski definition) is 1. The van der Waals surface area contributed by atoms with E-state index in [1.54, 1.807) is 31.7 Å². The molecule has 2 aromatic carbocycles. The Labute approximate surface area is 177 Å².